The molecule has 0 unspecified atom stereocenters. The number of ether oxygens (including phenoxy) is 1. The van der Waals surface area contributed by atoms with Crippen LogP contribution in [0.3, 0.4) is 0 Å². The van der Waals surface area contributed by atoms with Gasteiger partial charge in [0.05, 0.1) is 19.0 Å². The SMILES string of the molecule is COc1cccc(/C=N/Nc2cc[n+](C)cc2)c1O. The smallest absolute Gasteiger partial charge is 0.170 e. The normalized spacial score (nSPS) is 10.6. The van der Waals surface area contributed by atoms with Crippen molar-refractivity contribution in [1.29, 1.82) is 0 Å². The molecule has 98 valence electrons. The van der Waals surface area contributed by atoms with Crippen molar-refractivity contribution in [2.45, 2.75) is 0 Å². The number of rotatable bonds is 4. The minimum atomic E-state index is 0.0787. The number of pyridine rings is 1. The zero-order chi connectivity index (χ0) is 13.7. The Balaban J connectivity index is 2.09. The van der Waals surface area contributed by atoms with E-state index in [1.54, 1.807) is 24.4 Å². The summed E-state index contributed by atoms with van der Waals surface area (Å²) in [5.74, 6) is 0.505. The summed E-state index contributed by atoms with van der Waals surface area (Å²) in [5, 5.41) is 14.0. The maximum absolute atomic E-state index is 9.88. The van der Waals surface area contributed by atoms with Crippen LogP contribution in [0.5, 0.6) is 11.5 Å². The lowest BCUT2D eigenvalue weighted by atomic mass is 10.2. The van der Waals surface area contributed by atoms with Crippen LogP contribution in [-0.4, -0.2) is 18.4 Å². The van der Waals surface area contributed by atoms with Gasteiger partial charge in [-0.3, -0.25) is 5.43 Å². The molecule has 2 N–H and O–H groups in total. The van der Waals surface area contributed by atoms with Crippen LogP contribution in [-0.2, 0) is 7.05 Å². The number of aromatic nitrogens is 1. The number of para-hydroxylation sites is 1. The fourth-order valence-corrected chi connectivity index (χ4v) is 1.56. The van der Waals surface area contributed by atoms with E-state index in [1.165, 1.54) is 7.11 Å². The maximum Gasteiger partial charge on any atom is 0.170 e. The molecular formula is C14H16N3O2+. The third-order valence-corrected chi connectivity index (χ3v) is 2.63. The average Bonchev–Trinajstić information content (AvgIpc) is 2.43. The molecule has 0 bridgehead atoms. The number of nitrogens with one attached hydrogen (secondary N) is 1. The minimum absolute atomic E-state index is 0.0787. The second-order valence-corrected chi connectivity index (χ2v) is 4.02. The van der Waals surface area contributed by atoms with E-state index >= 15 is 0 Å². The summed E-state index contributed by atoms with van der Waals surface area (Å²) in [6.07, 6.45) is 5.38. The lowest BCUT2D eigenvalue weighted by Crippen LogP contribution is -2.25. The molecule has 0 aliphatic heterocycles. The Morgan fingerprint density at radius 1 is 1.26 bits per heavy atom. The van der Waals surface area contributed by atoms with Crippen LogP contribution in [0.1, 0.15) is 5.56 Å². The second kappa shape index (κ2) is 5.86. The van der Waals surface area contributed by atoms with Gasteiger partial charge in [0.15, 0.2) is 23.9 Å². The van der Waals surface area contributed by atoms with Crippen LogP contribution in [0.15, 0.2) is 47.8 Å². The minimum Gasteiger partial charge on any atom is -0.504 e. The van der Waals surface area contributed by atoms with Crippen molar-refractivity contribution in [2.75, 3.05) is 12.5 Å². The van der Waals surface area contributed by atoms with Gasteiger partial charge in [-0.15, -0.1) is 0 Å². The van der Waals surface area contributed by atoms with Crippen molar-refractivity contribution in [3.63, 3.8) is 0 Å². The first-order valence-corrected chi connectivity index (χ1v) is 5.81. The number of methoxy groups -OCH3 is 1. The lowest BCUT2D eigenvalue weighted by Gasteiger charge is -2.05. The van der Waals surface area contributed by atoms with E-state index in [0.29, 0.717) is 11.3 Å². The third kappa shape index (κ3) is 3.22. The number of hydrogen-bond acceptors (Lipinski definition) is 4. The number of nitrogens with zero attached hydrogens (tertiary/aromatic N) is 2. The predicted octanol–water partition coefficient (Wildman–Crippen LogP) is 1.67. The van der Waals surface area contributed by atoms with Crippen molar-refractivity contribution in [3.8, 4) is 11.5 Å². The highest BCUT2D eigenvalue weighted by molar-refractivity contribution is 5.85. The average molecular weight is 258 g/mol. The number of aromatic hydroxyl groups is 1. The number of hydrogen-bond donors (Lipinski definition) is 2. The van der Waals surface area contributed by atoms with E-state index in [1.807, 2.05) is 36.1 Å². The fraction of sp³-hybridized carbons (Fsp3) is 0.143. The first kappa shape index (κ1) is 12.9. The first-order chi connectivity index (χ1) is 9.20. The standard InChI is InChI=1S/C14H15N3O2/c1-17-8-6-12(7-9-17)16-15-10-11-4-3-5-13(19-2)14(11)18/h3-10H,1-2H3,(H,15,18)/p+1. The van der Waals surface area contributed by atoms with E-state index < -0.39 is 0 Å². The molecule has 0 atom stereocenters. The highest BCUT2D eigenvalue weighted by Gasteiger charge is 2.04. The molecule has 0 saturated carbocycles. The zero-order valence-electron chi connectivity index (χ0n) is 10.9. The summed E-state index contributed by atoms with van der Waals surface area (Å²) in [6.45, 7) is 0. The Labute approximate surface area is 111 Å². The summed E-state index contributed by atoms with van der Waals surface area (Å²) in [5.41, 5.74) is 4.35. The molecule has 5 heteroatoms. The highest BCUT2D eigenvalue weighted by Crippen LogP contribution is 2.27. The van der Waals surface area contributed by atoms with Gasteiger partial charge in [-0.2, -0.15) is 5.10 Å². The molecular weight excluding hydrogens is 242 g/mol. The van der Waals surface area contributed by atoms with Crippen molar-refractivity contribution < 1.29 is 14.4 Å². The molecule has 2 rings (SSSR count). The summed E-state index contributed by atoms with van der Waals surface area (Å²) in [7, 11) is 3.46. The van der Waals surface area contributed by atoms with Gasteiger partial charge in [0, 0.05) is 17.7 Å². The Bertz CT molecular complexity index is 580. The van der Waals surface area contributed by atoms with Crippen LogP contribution in [0.2, 0.25) is 0 Å². The van der Waals surface area contributed by atoms with Gasteiger partial charge < -0.3 is 9.84 Å². The van der Waals surface area contributed by atoms with Gasteiger partial charge in [0.25, 0.3) is 0 Å². The fourth-order valence-electron chi connectivity index (χ4n) is 1.56. The van der Waals surface area contributed by atoms with Crippen LogP contribution >= 0.6 is 0 Å². The van der Waals surface area contributed by atoms with Gasteiger partial charge in [-0.1, -0.05) is 6.07 Å². The Hall–Kier alpha value is -2.56. The summed E-state index contributed by atoms with van der Waals surface area (Å²) in [4.78, 5) is 0. The first-order valence-electron chi connectivity index (χ1n) is 5.81. The van der Waals surface area contributed by atoms with E-state index in [0.717, 1.165) is 5.69 Å². The molecule has 19 heavy (non-hydrogen) atoms. The predicted molar refractivity (Wildman–Crippen MR) is 73.5 cm³/mol. The van der Waals surface area contributed by atoms with Crippen molar-refractivity contribution in [1.82, 2.24) is 0 Å². The van der Waals surface area contributed by atoms with Gasteiger partial charge in [-0.25, -0.2) is 4.57 Å². The Morgan fingerprint density at radius 2 is 2.00 bits per heavy atom. The molecule has 0 aliphatic carbocycles. The molecule has 5 nitrogen and oxygen atoms in total. The number of anilines is 1. The van der Waals surface area contributed by atoms with Crippen LogP contribution in [0, 0.1) is 0 Å². The van der Waals surface area contributed by atoms with E-state index in [9.17, 15) is 5.11 Å². The lowest BCUT2D eigenvalue weighted by molar-refractivity contribution is -0.671. The van der Waals surface area contributed by atoms with E-state index in [4.69, 9.17) is 4.74 Å². The highest BCUT2D eigenvalue weighted by atomic mass is 16.5. The monoisotopic (exact) mass is 258 g/mol. The Morgan fingerprint density at radius 3 is 2.68 bits per heavy atom. The molecule has 0 radical (unpaired) electrons. The van der Waals surface area contributed by atoms with Gasteiger partial charge >= 0.3 is 0 Å². The van der Waals surface area contributed by atoms with Crippen molar-refractivity contribution in [3.05, 3.63) is 48.3 Å². The van der Waals surface area contributed by atoms with E-state index in [-0.39, 0.29) is 5.75 Å². The number of hydrazone groups is 1. The van der Waals surface area contributed by atoms with Gasteiger partial charge in [0.1, 0.15) is 7.05 Å². The molecule has 2 aromatic rings. The van der Waals surface area contributed by atoms with Crippen LogP contribution in [0.4, 0.5) is 5.69 Å². The summed E-state index contributed by atoms with van der Waals surface area (Å²) < 4.78 is 6.96. The maximum atomic E-state index is 9.88. The number of aryl methyl sites for hydroxylation is 1. The van der Waals surface area contributed by atoms with Crippen LogP contribution < -0.4 is 14.7 Å². The van der Waals surface area contributed by atoms with Crippen molar-refractivity contribution in [2.24, 2.45) is 12.1 Å². The van der Waals surface area contributed by atoms with Gasteiger partial charge in [-0.05, 0) is 12.1 Å². The largest absolute Gasteiger partial charge is 0.504 e. The number of benzene rings is 1. The second-order valence-electron chi connectivity index (χ2n) is 4.02. The van der Waals surface area contributed by atoms with E-state index in [2.05, 4.69) is 10.5 Å². The number of phenolic OH excluding ortho intramolecular Hbond substituents is 1. The summed E-state index contributed by atoms with van der Waals surface area (Å²) >= 11 is 0. The molecule has 0 saturated heterocycles. The summed E-state index contributed by atoms with van der Waals surface area (Å²) in [6, 6.07) is 9.05. The van der Waals surface area contributed by atoms with Gasteiger partial charge in [0.2, 0.25) is 0 Å². The quantitative estimate of drug-likeness (QED) is 0.498. The Kier molecular flexibility index (Phi) is 3.97. The third-order valence-electron chi connectivity index (χ3n) is 2.63. The number of phenols is 1. The molecule has 1 aromatic heterocycles. The topological polar surface area (TPSA) is 57.7 Å². The molecule has 0 fully saturated rings. The van der Waals surface area contributed by atoms with Crippen LogP contribution in [0.25, 0.3) is 0 Å². The van der Waals surface area contributed by atoms with Crippen molar-refractivity contribution >= 4 is 11.9 Å². The molecule has 0 amide bonds. The molecule has 1 heterocycles. The zero-order valence-corrected chi connectivity index (χ0v) is 10.9. The molecule has 0 aliphatic rings. The molecule has 1 aromatic carbocycles. The molecule has 0 spiro atoms.